The number of hydrazone groups is 1. The highest BCUT2D eigenvalue weighted by Crippen LogP contribution is 2.28. The number of ether oxygens (including phenoxy) is 1. The summed E-state index contributed by atoms with van der Waals surface area (Å²) < 4.78 is 19.7. The number of nitrogens with one attached hydrogen (secondary N) is 3. The van der Waals surface area contributed by atoms with Gasteiger partial charge in [-0.1, -0.05) is 6.07 Å². The zero-order valence-electron chi connectivity index (χ0n) is 16.2. The number of fused-ring (bicyclic) bond motifs is 1. The lowest BCUT2D eigenvalue weighted by atomic mass is 10.1. The summed E-state index contributed by atoms with van der Waals surface area (Å²) in [7, 11) is 0. The van der Waals surface area contributed by atoms with Crippen molar-refractivity contribution in [1.82, 2.24) is 15.3 Å². The number of piperidine rings is 1. The predicted molar refractivity (Wildman–Crippen MR) is 115 cm³/mol. The Morgan fingerprint density at radius 2 is 2.13 bits per heavy atom. The molecule has 1 aliphatic heterocycles. The highest BCUT2D eigenvalue weighted by atomic mass is 19.1. The molecule has 1 aliphatic rings. The van der Waals surface area contributed by atoms with Gasteiger partial charge < -0.3 is 21.2 Å². The maximum absolute atomic E-state index is 13.4. The van der Waals surface area contributed by atoms with E-state index < -0.39 is 0 Å². The van der Waals surface area contributed by atoms with E-state index in [0.29, 0.717) is 28.5 Å². The normalized spacial score (nSPS) is 14.8. The molecule has 0 amide bonds. The minimum absolute atomic E-state index is 0.0526. The van der Waals surface area contributed by atoms with Crippen LogP contribution in [0.1, 0.15) is 18.4 Å². The van der Waals surface area contributed by atoms with E-state index in [1.54, 1.807) is 30.5 Å². The Hall–Kier alpha value is -3.59. The zero-order chi connectivity index (χ0) is 20.9. The van der Waals surface area contributed by atoms with Gasteiger partial charge in [-0.05, 0) is 50.2 Å². The number of hydrogen-bond donors (Lipinski definition) is 4. The van der Waals surface area contributed by atoms with Gasteiger partial charge in [0, 0.05) is 28.9 Å². The molecule has 0 radical (unpaired) electrons. The fourth-order valence-electron chi connectivity index (χ4n) is 3.36. The third kappa shape index (κ3) is 4.52. The third-order valence-electron chi connectivity index (χ3n) is 4.84. The summed E-state index contributed by atoms with van der Waals surface area (Å²) in [4.78, 5) is 8.84. The molecule has 0 bridgehead atoms. The molecule has 0 aliphatic carbocycles. The van der Waals surface area contributed by atoms with Gasteiger partial charge in [-0.3, -0.25) is 5.41 Å². The Morgan fingerprint density at radius 1 is 1.30 bits per heavy atom. The lowest BCUT2D eigenvalue weighted by molar-refractivity contribution is 0.162. The van der Waals surface area contributed by atoms with Crippen molar-refractivity contribution >= 4 is 34.5 Å². The van der Waals surface area contributed by atoms with Crippen LogP contribution in [0.5, 0.6) is 5.75 Å². The predicted octanol–water partition coefficient (Wildman–Crippen LogP) is 2.96. The molecule has 2 heterocycles. The molecule has 0 saturated carbocycles. The van der Waals surface area contributed by atoms with E-state index in [1.807, 2.05) is 0 Å². The van der Waals surface area contributed by atoms with Gasteiger partial charge in [0.1, 0.15) is 17.7 Å². The van der Waals surface area contributed by atoms with Gasteiger partial charge in [0.15, 0.2) is 0 Å². The number of halogens is 1. The minimum atomic E-state index is -0.344. The van der Waals surface area contributed by atoms with Crippen molar-refractivity contribution in [3.63, 3.8) is 0 Å². The van der Waals surface area contributed by atoms with E-state index >= 15 is 0 Å². The number of benzene rings is 2. The monoisotopic (exact) mass is 407 g/mol. The summed E-state index contributed by atoms with van der Waals surface area (Å²) in [5.41, 5.74) is 1.92. The molecule has 0 unspecified atom stereocenters. The second-order valence-corrected chi connectivity index (χ2v) is 7.00. The maximum Gasteiger partial charge on any atom is 0.227 e. The standard InChI is InChI=1S/C21H22FN7O/c22-14-2-1-3-15(9-14)28-21-26-11-13-8-17(18(23)12-27-24)20(10-19(13)29-21)30-16-4-6-25-7-5-16/h1-3,8-12,16,23,25H,4-7,24H2,(H,26,28,29). The number of aromatic nitrogens is 2. The number of nitrogens with zero attached hydrogens (tertiary/aromatic N) is 3. The van der Waals surface area contributed by atoms with Crippen LogP contribution in [0.15, 0.2) is 47.7 Å². The highest BCUT2D eigenvalue weighted by molar-refractivity contribution is 6.37. The van der Waals surface area contributed by atoms with Crippen LogP contribution in [0.25, 0.3) is 10.9 Å². The molecule has 1 aromatic heterocycles. The molecule has 1 fully saturated rings. The van der Waals surface area contributed by atoms with E-state index in [4.69, 9.17) is 16.0 Å². The third-order valence-corrected chi connectivity index (χ3v) is 4.84. The molecule has 1 saturated heterocycles. The van der Waals surface area contributed by atoms with Crippen LogP contribution in [-0.2, 0) is 0 Å². The van der Waals surface area contributed by atoms with Gasteiger partial charge in [-0.25, -0.2) is 14.4 Å². The van der Waals surface area contributed by atoms with E-state index in [9.17, 15) is 4.39 Å². The summed E-state index contributed by atoms with van der Waals surface area (Å²) in [6.45, 7) is 1.78. The van der Waals surface area contributed by atoms with E-state index in [0.717, 1.165) is 31.3 Å². The van der Waals surface area contributed by atoms with Crippen molar-refractivity contribution in [2.75, 3.05) is 18.4 Å². The van der Waals surface area contributed by atoms with Crippen LogP contribution >= 0.6 is 0 Å². The quantitative estimate of drug-likeness (QED) is 0.283. The smallest absolute Gasteiger partial charge is 0.227 e. The molecule has 5 N–H and O–H groups in total. The van der Waals surface area contributed by atoms with Crippen LogP contribution < -0.4 is 21.2 Å². The molecule has 2 aromatic carbocycles. The van der Waals surface area contributed by atoms with E-state index in [-0.39, 0.29) is 17.6 Å². The maximum atomic E-state index is 13.4. The van der Waals surface area contributed by atoms with Crippen LogP contribution in [0, 0.1) is 11.2 Å². The molecular formula is C21H22FN7O. The Bertz CT molecular complexity index is 1100. The van der Waals surface area contributed by atoms with Crippen LogP contribution in [0.3, 0.4) is 0 Å². The molecule has 3 aromatic rings. The van der Waals surface area contributed by atoms with Crippen molar-refractivity contribution in [1.29, 1.82) is 5.41 Å². The van der Waals surface area contributed by atoms with Gasteiger partial charge in [0.2, 0.25) is 5.95 Å². The molecule has 4 rings (SSSR count). The van der Waals surface area contributed by atoms with Crippen molar-refractivity contribution in [3.8, 4) is 5.75 Å². The SMILES string of the molecule is N=C(C=NN)c1cc2cnc(Nc3cccc(F)c3)nc2cc1OC1CCNCC1. The summed E-state index contributed by atoms with van der Waals surface area (Å²) in [6, 6.07) is 9.68. The topological polar surface area (TPSA) is 121 Å². The molecular weight excluding hydrogens is 385 g/mol. The van der Waals surface area contributed by atoms with Gasteiger partial charge in [0.25, 0.3) is 0 Å². The van der Waals surface area contributed by atoms with Crippen molar-refractivity contribution < 1.29 is 9.13 Å². The Balaban J connectivity index is 1.69. The van der Waals surface area contributed by atoms with Crippen LogP contribution in [0.4, 0.5) is 16.0 Å². The average Bonchev–Trinajstić information content (AvgIpc) is 2.74. The van der Waals surface area contributed by atoms with Crippen molar-refractivity contribution in [3.05, 3.63) is 54.0 Å². The minimum Gasteiger partial charge on any atom is -0.490 e. The van der Waals surface area contributed by atoms with E-state index in [2.05, 4.69) is 25.7 Å². The fourth-order valence-corrected chi connectivity index (χ4v) is 3.36. The lowest BCUT2D eigenvalue weighted by Crippen LogP contribution is -2.34. The first-order valence-electron chi connectivity index (χ1n) is 9.65. The van der Waals surface area contributed by atoms with Crippen LogP contribution in [-0.4, -0.2) is 41.1 Å². The van der Waals surface area contributed by atoms with Crippen molar-refractivity contribution in [2.24, 2.45) is 10.9 Å². The Labute approximate surface area is 172 Å². The first-order valence-corrected chi connectivity index (χ1v) is 9.65. The number of nitrogens with two attached hydrogens (primary N) is 1. The van der Waals surface area contributed by atoms with Gasteiger partial charge >= 0.3 is 0 Å². The zero-order valence-corrected chi connectivity index (χ0v) is 16.2. The number of anilines is 2. The first-order chi connectivity index (χ1) is 14.6. The highest BCUT2D eigenvalue weighted by Gasteiger charge is 2.19. The molecule has 154 valence electrons. The van der Waals surface area contributed by atoms with E-state index in [1.165, 1.54) is 18.3 Å². The largest absolute Gasteiger partial charge is 0.490 e. The fraction of sp³-hybridized carbons (Fsp3) is 0.238. The second-order valence-electron chi connectivity index (χ2n) is 7.00. The van der Waals surface area contributed by atoms with Gasteiger partial charge in [-0.2, -0.15) is 5.10 Å². The second kappa shape index (κ2) is 8.83. The molecule has 9 heteroatoms. The summed E-state index contributed by atoms with van der Waals surface area (Å²) in [5.74, 6) is 5.78. The van der Waals surface area contributed by atoms with Gasteiger partial charge in [-0.15, -0.1) is 0 Å². The Kier molecular flexibility index (Phi) is 5.80. The van der Waals surface area contributed by atoms with Crippen LogP contribution in [0.2, 0.25) is 0 Å². The molecule has 0 atom stereocenters. The van der Waals surface area contributed by atoms with Crippen molar-refractivity contribution in [2.45, 2.75) is 18.9 Å². The Morgan fingerprint density at radius 3 is 2.90 bits per heavy atom. The molecule has 8 nitrogen and oxygen atoms in total. The number of rotatable bonds is 6. The molecule has 30 heavy (non-hydrogen) atoms. The summed E-state index contributed by atoms with van der Waals surface area (Å²) in [6.07, 6.45) is 4.74. The first kappa shape index (κ1) is 19.7. The molecule has 0 spiro atoms. The summed E-state index contributed by atoms with van der Waals surface area (Å²) in [5, 5.41) is 18.8. The lowest BCUT2D eigenvalue weighted by Gasteiger charge is -2.25. The van der Waals surface area contributed by atoms with Gasteiger partial charge in [0.05, 0.1) is 17.4 Å². The summed E-state index contributed by atoms with van der Waals surface area (Å²) >= 11 is 0. The average molecular weight is 407 g/mol. The number of hydrogen-bond acceptors (Lipinski definition) is 8.